The summed E-state index contributed by atoms with van der Waals surface area (Å²) in [5, 5.41) is 24.5. The Bertz CT molecular complexity index is 832. The first-order valence-electron chi connectivity index (χ1n) is 7.06. The van der Waals surface area contributed by atoms with Gasteiger partial charge in [-0.2, -0.15) is 0 Å². The number of non-ortho nitro benzene ring substituents is 1. The Hall–Kier alpha value is -3.29. The summed E-state index contributed by atoms with van der Waals surface area (Å²) in [6.45, 7) is 3.77. The summed E-state index contributed by atoms with van der Waals surface area (Å²) in [6.07, 6.45) is -0.248. The molecule has 2 aromatic rings. The zero-order valence-electron chi connectivity index (χ0n) is 13.1. The van der Waals surface area contributed by atoms with Gasteiger partial charge in [0.2, 0.25) is 5.91 Å². The Morgan fingerprint density at radius 3 is 2.33 bits per heavy atom. The molecule has 124 valence electrons. The van der Waals surface area contributed by atoms with Crippen molar-refractivity contribution in [3.63, 3.8) is 0 Å². The summed E-state index contributed by atoms with van der Waals surface area (Å²) in [7, 11) is 0. The molecule has 0 aliphatic rings. The summed E-state index contributed by atoms with van der Waals surface area (Å²) in [6, 6.07) is 8.75. The summed E-state index contributed by atoms with van der Waals surface area (Å²) < 4.78 is 0. The maximum atomic E-state index is 12.1. The second kappa shape index (κ2) is 6.86. The van der Waals surface area contributed by atoms with E-state index in [-0.39, 0.29) is 17.7 Å². The standard InChI is InChI=1S/C16H15N3O5/c1-10-3-6-14(11(2)7-10)17-16(20)8-12-4-5-13(18(21)22)9-15(12)19(23)24/h3-7,9H,8H2,1-2H3,(H,17,20). The van der Waals surface area contributed by atoms with Crippen molar-refractivity contribution in [2.24, 2.45) is 0 Å². The van der Waals surface area contributed by atoms with E-state index in [4.69, 9.17) is 0 Å². The lowest BCUT2D eigenvalue weighted by Gasteiger charge is -2.09. The van der Waals surface area contributed by atoms with E-state index >= 15 is 0 Å². The van der Waals surface area contributed by atoms with Gasteiger partial charge in [-0.05, 0) is 31.5 Å². The number of anilines is 1. The van der Waals surface area contributed by atoms with Crippen LogP contribution in [0.2, 0.25) is 0 Å². The topological polar surface area (TPSA) is 115 Å². The van der Waals surface area contributed by atoms with Gasteiger partial charge in [0.05, 0.1) is 22.3 Å². The molecule has 0 aromatic heterocycles. The number of carbonyl (C=O) groups is 1. The quantitative estimate of drug-likeness (QED) is 0.667. The number of nitro benzene ring substituents is 2. The fraction of sp³-hybridized carbons (Fsp3) is 0.188. The van der Waals surface area contributed by atoms with Crippen LogP contribution in [0.5, 0.6) is 0 Å². The van der Waals surface area contributed by atoms with Crippen LogP contribution in [-0.2, 0) is 11.2 Å². The third-order valence-corrected chi connectivity index (χ3v) is 3.48. The Morgan fingerprint density at radius 1 is 1.04 bits per heavy atom. The lowest BCUT2D eigenvalue weighted by atomic mass is 10.1. The molecule has 0 fully saturated rings. The van der Waals surface area contributed by atoms with Gasteiger partial charge < -0.3 is 5.32 Å². The SMILES string of the molecule is Cc1ccc(NC(=O)Cc2ccc([N+](=O)[O-])cc2[N+](=O)[O-])c(C)c1. The maximum absolute atomic E-state index is 12.1. The number of nitrogens with zero attached hydrogens (tertiary/aromatic N) is 2. The number of benzene rings is 2. The van der Waals surface area contributed by atoms with E-state index < -0.39 is 21.4 Å². The second-order valence-electron chi connectivity index (χ2n) is 5.37. The van der Waals surface area contributed by atoms with Crippen molar-refractivity contribution in [1.29, 1.82) is 0 Å². The molecule has 0 aliphatic carbocycles. The molecular weight excluding hydrogens is 314 g/mol. The van der Waals surface area contributed by atoms with Gasteiger partial charge in [-0.15, -0.1) is 0 Å². The highest BCUT2D eigenvalue weighted by molar-refractivity contribution is 5.93. The van der Waals surface area contributed by atoms with Crippen molar-refractivity contribution in [3.8, 4) is 0 Å². The van der Waals surface area contributed by atoms with Gasteiger partial charge in [-0.3, -0.25) is 25.0 Å². The van der Waals surface area contributed by atoms with Crippen LogP contribution in [0.15, 0.2) is 36.4 Å². The second-order valence-corrected chi connectivity index (χ2v) is 5.37. The van der Waals surface area contributed by atoms with Gasteiger partial charge in [-0.25, -0.2) is 0 Å². The number of hydrogen-bond donors (Lipinski definition) is 1. The Kier molecular flexibility index (Phi) is 4.88. The summed E-state index contributed by atoms with van der Waals surface area (Å²) in [4.78, 5) is 32.5. The molecule has 0 heterocycles. The number of amides is 1. The molecule has 0 spiro atoms. The minimum atomic E-state index is -0.729. The van der Waals surface area contributed by atoms with Crippen molar-refractivity contribution in [2.75, 3.05) is 5.32 Å². The average molecular weight is 329 g/mol. The number of nitro groups is 2. The van der Waals surface area contributed by atoms with E-state index in [2.05, 4.69) is 5.32 Å². The molecule has 2 aromatic carbocycles. The average Bonchev–Trinajstić information content (AvgIpc) is 2.50. The fourth-order valence-corrected chi connectivity index (χ4v) is 2.31. The molecule has 1 amide bonds. The minimum Gasteiger partial charge on any atom is -0.326 e. The van der Waals surface area contributed by atoms with Gasteiger partial charge in [0.1, 0.15) is 0 Å². The molecule has 24 heavy (non-hydrogen) atoms. The zero-order valence-corrected chi connectivity index (χ0v) is 13.1. The number of aryl methyl sites for hydroxylation is 2. The van der Waals surface area contributed by atoms with E-state index in [1.807, 2.05) is 26.0 Å². The van der Waals surface area contributed by atoms with Crippen LogP contribution in [-0.4, -0.2) is 15.8 Å². The molecule has 0 unspecified atom stereocenters. The third kappa shape index (κ3) is 3.92. The lowest BCUT2D eigenvalue weighted by molar-refractivity contribution is -0.394. The van der Waals surface area contributed by atoms with Gasteiger partial charge in [-0.1, -0.05) is 17.7 Å². The Morgan fingerprint density at radius 2 is 1.75 bits per heavy atom. The first-order chi connectivity index (χ1) is 11.3. The third-order valence-electron chi connectivity index (χ3n) is 3.48. The van der Waals surface area contributed by atoms with Crippen LogP contribution in [0.3, 0.4) is 0 Å². The smallest absolute Gasteiger partial charge is 0.279 e. The Labute approximate surface area is 137 Å². The highest BCUT2D eigenvalue weighted by Gasteiger charge is 2.21. The minimum absolute atomic E-state index is 0.118. The van der Waals surface area contributed by atoms with Gasteiger partial charge in [0.25, 0.3) is 11.4 Å². The number of carbonyl (C=O) groups excluding carboxylic acids is 1. The number of nitrogens with one attached hydrogen (secondary N) is 1. The van der Waals surface area contributed by atoms with E-state index in [1.54, 1.807) is 6.07 Å². The van der Waals surface area contributed by atoms with E-state index in [1.165, 1.54) is 6.07 Å². The van der Waals surface area contributed by atoms with Gasteiger partial charge >= 0.3 is 0 Å². The van der Waals surface area contributed by atoms with Crippen LogP contribution in [0.4, 0.5) is 17.1 Å². The molecule has 0 saturated carbocycles. The molecule has 0 aliphatic heterocycles. The predicted molar refractivity (Wildman–Crippen MR) is 88.0 cm³/mol. The van der Waals surface area contributed by atoms with Crippen molar-refractivity contribution < 1.29 is 14.6 Å². The molecule has 2 rings (SSSR count). The molecule has 0 saturated heterocycles. The Balaban J connectivity index is 2.22. The molecule has 8 nitrogen and oxygen atoms in total. The summed E-state index contributed by atoms with van der Waals surface area (Å²) >= 11 is 0. The van der Waals surface area contributed by atoms with E-state index in [0.717, 1.165) is 23.3 Å². The molecular formula is C16H15N3O5. The first-order valence-corrected chi connectivity index (χ1v) is 7.06. The highest BCUT2D eigenvalue weighted by Crippen LogP contribution is 2.25. The number of rotatable bonds is 5. The van der Waals surface area contributed by atoms with E-state index in [0.29, 0.717) is 5.69 Å². The highest BCUT2D eigenvalue weighted by atomic mass is 16.6. The molecule has 1 N–H and O–H groups in total. The van der Waals surface area contributed by atoms with Crippen molar-refractivity contribution in [1.82, 2.24) is 0 Å². The summed E-state index contributed by atoms with van der Waals surface area (Å²) in [5.41, 5.74) is 1.83. The predicted octanol–water partition coefficient (Wildman–Crippen LogP) is 3.30. The van der Waals surface area contributed by atoms with Crippen LogP contribution in [0.1, 0.15) is 16.7 Å². The zero-order chi connectivity index (χ0) is 17.9. The normalized spacial score (nSPS) is 10.2. The van der Waals surface area contributed by atoms with Crippen LogP contribution in [0, 0.1) is 34.1 Å². The fourth-order valence-electron chi connectivity index (χ4n) is 2.31. The van der Waals surface area contributed by atoms with Crippen molar-refractivity contribution in [2.45, 2.75) is 20.3 Å². The lowest BCUT2D eigenvalue weighted by Crippen LogP contribution is -2.16. The van der Waals surface area contributed by atoms with Crippen LogP contribution in [0.25, 0.3) is 0 Å². The first kappa shape index (κ1) is 17.1. The van der Waals surface area contributed by atoms with E-state index in [9.17, 15) is 25.0 Å². The monoisotopic (exact) mass is 329 g/mol. The molecule has 0 radical (unpaired) electrons. The van der Waals surface area contributed by atoms with Gasteiger partial charge in [0.15, 0.2) is 0 Å². The molecule has 8 heteroatoms. The molecule has 0 bridgehead atoms. The van der Waals surface area contributed by atoms with Gasteiger partial charge in [0, 0.05) is 17.3 Å². The number of hydrogen-bond acceptors (Lipinski definition) is 5. The van der Waals surface area contributed by atoms with Crippen LogP contribution < -0.4 is 5.32 Å². The largest absolute Gasteiger partial charge is 0.326 e. The van der Waals surface area contributed by atoms with Crippen molar-refractivity contribution in [3.05, 3.63) is 73.3 Å². The molecule has 0 atom stereocenters. The van der Waals surface area contributed by atoms with Crippen molar-refractivity contribution >= 4 is 23.0 Å². The summed E-state index contributed by atoms with van der Waals surface area (Å²) in [5.74, 6) is -0.432. The van der Waals surface area contributed by atoms with Crippen LogP contribution >= 0.6 is 0 Å². The maximum Gasteiger partial charge on any atom is 0.279 e.